The molecule has 0 fully saturated rings. The maximum Gasteiger partial charge on any atom is 0.242 e. The Bertz CT molecular complexity index is 737. The van der Waals surface area contributed by atoms with Crippen molar-refractivity contribution >= 4 is 33.2 Å². The standard InChI is InChI=1S/C13H12Cl2N2O3S/c1-20-10-4-5-11(13(15)12(10)14)21(18,19)17-8-9-3-2-6-16-7-9/h2-7,17H,8H2,1H3. The van der Waals surface area contributed by atoms with E-state index in [9.17, 15) is 8.42 Å². The summed E-state index contributed by atoms with van der Waals surface area (Å²) >= 11 is 12.0. The summed E-state index contributed by atoms with van der Waals surface area (Å²) in [4.78, 5) is 3.82. The number of hydrogen-bond donors (Lipinski definition) is 1. The number of nitrogens with zero attached hydrogens (tertiary/aromatic N) is 1. The van der Waals surface area contributed by atoms with Gasteiger partial charge in [-0.25, -0.2) is 13.1 Å². The average Bonchev–Trinajstić information content (AvgIpc) is 2.49. The van der Waals surface area contributed by atoms with E-state index in [1.54, 1.807) is 24.5 Å². The molecule has 1 aromatic heterocycles. The fourth-order valence-corrected chi connectivity index (χ4v) is 3.49. The number of sulfonamides is 1. The van der Waals surface area contributed by atoms with E-state index in [2.05, 4.69) is 9.71 Å². The van der Waals surface area contributed by atoms with Crippen LogP contribution in [0.25, 0.3) is 0 Å². The van der Waals surface area contributed by atoms with Crippen LogP contribution in [0, 0.1) is 0 Å². The second-order valence-electron chi connectivity index (χ2n) is 4.08. The van der Waals surface area contributed by atoms with Crippen LogP contribution in [0.2, 0.25) is 10.0 Å². The van der Waals surface area contributed by atoms with Crippen molar-refractivity contribution in [3.63, 3.8) is 0 Å². The summed E-state index contributed by atoms with van der Waals surface area (Å²) in [5, 5.41) is -0.0156. The highest BCUT2D eigenvalue weighted by Crippen LogP contribution is 2.36. The normalized spacial score (nSPS) is 11.4. The van der Waals surface area contributed by atoms with Crippen LogP contribution >= 0.6 is 23.2 Å². The first-order valence-corrected chi connectivity index (χ1v) is 8.10. The molecule has 1 N–H and O–H groups in total. The van der Waals surface area contributed by atoms with Crippen molar-refractivity contribution < 1.29 is 13.2 Å². The molecule has 8 heteroatoms. The van der Waals surface area contributed by atoms with Crippen LogP contribution in [0.15, 0.2) is 41.6 Å². The Hall–Kier alpha value is -1.34. The molecule has 0 unspecified atom stereocenters. The van der Waals surface area contributed by atoms with E-state index in [0.29, 0.717) is 5.75 Å². The molecule has 0 saturated carbocycles. The zero-order valence-electron chi connectivity index (χ0n) is 11.0. The zero-order valence-corrected chi connectivity index (χ0v) is 13.3. The minimum Gasteiger partial charge on any atom is -0.495 e. The van der Waals surface area contributed by atoms with E-state index in [1.807, 2.05) is 0 Å². The number of aromatic nitrogens is 1. The van der Waals surface area contributed by atoms with Gasteiger partial charge in [-0.05, 0) is 23.8 Å². The minimum absolute atomic E-state index is 0.0587. The van der Waals surface area contributed by atoms with Gasteiger partial charge in [-0.1, -0.05) is 29.3 Å². The predicted molar refractivity (Wildman–Crippen MR) is 81.3 cm³/mol. The topological polar surface area (TPSA) is 68.3 Å². The van der Waals surface area contributed by atoms with Crippen LogP contribution in [0.1, 0.15) is 5.56 Å². The molecule has 0 spiro atoms. The van der Waals surface area contributed by atoms with Crippen LogP contribution in [0.5, 0.6) is 5.75 Å². The highest BCUT2D eigenvalue weighted by atomic mass is 35.5. The fourth-order valence-electron chi connectivity index (χ4n) is 1.64. The minimum atomic E-state index is -3.79. The third kappa shape index (κ3) is 3.65. The van der Waals surface area contributed by atoms with Crippen molar-refractivity contribution in [2.24, 2.45) is 0 Å². The lowest BCUT2D eigenvalue weighted by Crippen LogP contribution is -2.23. The zero-order chi connectivity index (χ0) is 15.5. The highest BCUT2D eigenvalue weighted by molar-refractivity contribution is 7.89. The summed E-state index contributed by atoms with van der Waals surface area (Å²) < 4.78 is 32.0. The Kier molecular flexibility index (Phi) is 5.05. The van der Waals surface area contributed by atoms with Gasteiger partial charge in [0.15, 0.2) is 0 Å². The van der Waals surface area contributed by atoms with Crippen molar-refractivity contribution in [3.8, 4) is 5.75 Å². The lowest BCUT2D eigenvalue weighted by molar-refractivity contribution is 0.414. The number of nitrogens with one attached hydrogen (secondary N) is 1. The summed E-state index contributed by atoms with van der Waals surface area (Å²) in [7, 11) is -2.36. The third-order valence-corrected chi connectivity index (χ3v) is 5.13. The molecule has 0 bridgehead atoms. The smallest absolute Gasteiger partial charge is 0.242 e. The summed E-state index contributed by atoms with van der Waals surface area (Å²) in [5.41, 5.74) is 0.733. The van der Waals surface area contributed by atoms with Gasteiger partial charge in [0, 0.05) is 18.9 Å². The first-order chi connectivity index (χ1) is 9.95. The molecule has 1 heterocycles. The van der Waals surface area contributed by atoms with Gasteiger partial charge in [-0.2, -0.15) is 0 Å². The summed E-state index contributed by atoms with van der Waals surface area (Å²) in [6.07, 6.45) is 3.18. The van der Waals surface area contributed by atoms with Gasteiger partial charge in [0.2, 0.25) is 10.0 Å². The lowest BCUT2D eigenvalue weighted by Gasteiger charge is -2.11. The van der Waals surface area contributed by atoms with Crippen molar-refractivity contribution in [1.29, 1.82) is 0 Å². The second kappa shape index (κ2) is 6.62. The van der Waals surface area contributed by atoms with Crippen molar-refractivity contribution in [1.82, 2.24) is 9.71 Å². The van der Waals surface area contributed by atoms with Crippen molar-refractivity contribution in [3.05, 3.63) is 52.3 Å². The summed E-state index contributed by atoms with van der Waals surface area (Å²) in [6.45, 7) is 0.107. The molecule has 0 atom stereocenters. The van der Waals surface area contributed by atoms with Gasteiger partial charge in [-0.15, -0.1) is 0 Å². The first kappa shape index (κ1) is 16.0. The Morgan fingerprint density at radius 2 is 2.00 bits per heavy atom. The monoisotopic (exact) mass is 346 g/mol. The molecule has 0 aliphatic carbocycles. The number of methoxy groups -OCH3 is 1. The number of benzene rings is 1. The number of halogens is 2. The van der Waals surface area contributed by atoms with Gasteiger partial charge in [0.25, 0.3) is 0 Å². The van der Waals surface area contributed by atoms with Crippen LogP contribution < -0.4 is 9.46 Å². The molecule has 0 radical (unpaired) electrons. The fraction of sp³-hybridized carbons (Fsp3) is 0.154. The molecule has 2 aromatic rings. The molecular formula is C13H12Cl2N2O3S. The highest BCUT2D eigenvalue weighted by Gasteiger charge is 2.21. The quantitative estimate of drug-likeness (QED) is 0.903. The van der Waals surface area contributed by atoms with Crippen LogP contribution in [0.4, 0.5) is 0 Å². The number of ether oxygens (including phenoxy) is 1. The molecule has 2 rings (SSSR count). The third-order valence-electron chi connectivity index (χ3n) is 2.71. The van der Waals surface area contributed by atoms with Gasteiger partial charge in [0.05, 0.1) is 12.1 Å². The molecule has 1 aromatic carbocycles. The molecule has 112 valence electrons. The Labute approximate surface area is 132 Å². The molecule has 0 aliphatic heterocycles. The van der Waals surface area contributed by atoms with Gasteiger partial charge in [0.1, 0.15) is 15.7 Å². The van der Waals surface area contributed by atoms with Crippen molar-refractivity contribution in [2.75, 3.05) is 7.11 Å². The Balaban J connectivity index is 2.26. The molecule has 5 nitrogen and oxygen atoms in total. The van der Waals surface area contributed by atoms with E-state index in [0.717, 1.165) is 5.56 Å². The molecular weight excluding hydrogens is 335 g/mol. The van der Waals surface area contributed by atoms with E-state index in [1.165, 1.54) is 19.2 Å². The predicted octanol–water partition coefficient (Wildman–Crippen LogP) is 2.88. The lowest BCUT2D eigenvalue weighted by atomic mass is 10.3. The number of hydrogen-bond acceptors (Lipinski definition) is 4. The maximum atomic E-state index is 12.3. The SMILES string of the molecule is COc1ccc(S(=O)(=O)NCc2cccnc2)c(Cl)c1Cl. The Morgan fingerprint density at radius 3 is 2.62 bits per heavy atom. The molecule has 0 amide bonds. The van der Waals surface area contributed by atoms with E-state index in [4.69, 9.17) is 27.9 Å². The Morgan fingerprint density at radius 1 is 1.24 bits per heavy atom. The largest absolute Gasteiger partial charge is 0.495 e. The van der Waals surface area contributed by atoms with Gasteiger partial charge >= 0.3 is 0 Å². The molecule has 0 aliphatic rings. The maximum absolute atomic E-state index is 12.3. The van der Waals surface area contributed by atoms with Crippen molar-refractivity contribution in [2.45, 2.75) is 11.4 Å². The van der Waals surface area contributed by atoms with Crippen LogP contribution in [-0.4, -0.2) is 20.5 Å². The van der Waals surface area contributed by atoms with E-state index in [-0.39, 0.29) is 21.5 Å². The number of rotatable bonds is 5. The second-order valence-corrected chi connectivity index (χ2v) is 6.57. The molecule has 0 saturated heterocycles. The molecule has 21 heavy (non-hydrogen) atoms. The van der Waals surface area contributed by atoms with Crippen LogP contribution in [0.3, 0.4) is 0 Å². The average molecular weight is 347 g/mol. The van der Waals surface area contributed by atoms with E-state index < -0.39 is 10.0 Å². The summed E-state index contributed by atoms with van der Waals surface area (Å²) in [6, 6.07) is 6.28. The van der Waals surface area contributed by atoms with E-state index >= 15 is 0 Å². The first-order valence-electron chi connectivity index (χ1n) is 5.86. The summed E-state index contributed by atoms with van der Waals surface area (Å²) in [5.74, 6) is 0.313. The van der Waals surface area contributed by atoms with Crippen LogP contribution in [-0.2, 0) is 16.6 Å². The van der Waals surface area contributed by atoms with Gasteiger partial charge < -0.3 is 4.74 Å². The number of pyridine rings is 1. The van der Waals surface area contributed by atoms with Gasteiger partial charge in [-0.3, -0.25) is 4.98 Å².